The molecule has 2 N–H and O–H groups in total. The van der Waals surface area contributed by atoms with Crippen molar-refractivity contribution in [1.82, 2.24) is 0 Å². The summed E-state index contributed by atoms with van der Waals surface area (Å²) in [5.41, 5.74) is 0.367. The van der Waals surface area contributed by atoms with Crippen molar-refractivity contribution in [2.24, 2.45) is 0 Å². The molecule has 1 atom stereocenters. The molecule has 1 aromatic heterocycles. The summed E-state index contributed by atoms with van der Waals surface area (Å²) in [6.07, 6.45) is 0. The minimum absolute atomic E-state index is 0.0294. The maximum atomic E-state index is 12.3. The first-order valence-corrected chi connectivity index (χ1v) is 7.81. The van der Waals surface area contributed by atoms with Crippen molar-refractivity contribution < 1.29 is 23.8 Å². The van der Waals surface area contributed by atoms with Gasteiger partial charge in [0.05, 0.1) is 22.3 Å². The normalized spacial score (nSPS) is 11.8. The SMILES string of the molecule is CCOC(=O)C(Nc1cccc(Cl)c1Cl)c1cc(C(=O)O)c(C)o1. The van der Waals surface area contributed by atoms with Crippen LogP contribution in [0.15, 0.2) is 28.7 Å². The Kier molecular flexibility index (Phi) is 5.75. The number of benzene rings is 1. The molecule has 0 bridgehead atoms. The molecule has 128 valence electrons. The second-order valence-corrected chi connectivity index (χ2v) is 5.64. The van der Waals surface area contributed by atoms with Crippen LogP contribution in [0.25, 0.3) is 0 Å². The van der Waals surface area contributed by atoms with E-state index < -0.39 is 18.0 Å². The largest absolute Gasteiger partial charge is 0.478 e. The molecule has 24 heavy (non-hydrogen) atoms. The molecule has 0 amide bonds. The number of carboxylic acids is 1. The third-order valence-electron chi connectivity index (χ3n) is 3.23. The minimum Gasteiger partial charge on any atom is -0.478 e. The van der Waals surface area contributed by atoms with Crippen LogP contribution in [0, 0.1) is 6.92 Å². The summed E-state index contributed by atoms with van der Waals surface area (Å²) in [5.74, 6) is -1.48. The van der Waals surface area contributed by atoms with E-state index in [1.165, 1.54) is 13.0 Å². The van der Waals surface area contributed by atoms with E-state index >= 15 is 0 Å². The number of hydrogen-bond acceptors (Lipinski definition) is 5. The highest BCUT2D eigenvalue weighted by atomic mass is 35.5. The van der Waals surface area contributed by atoms with Gasteiger partial charge in [-0.2, -0.15) is 0 Å². The number of rotatable bonds is 6. The van der Waals surface area contributed by atoms with Crippen molar-refractivity contribution in [3.05, 3.63) is 51.4 Å². The van der Waals surface area contributed by atoms with Gasteiger partial charge in [-0.3, -0.25) is 0 Å². The van der Waals surface area contributed by atoms with E-state index in [4.69, 9.17) is 37.5 Å². The summed E-state index contributed by atoms with van der Waals surface area (Å²) in [7, 11) is 0. The van der Waals surface area contributed by atoms with Crippen LogP contribution in [-0.2, 0) is 9.53 Å². The standard InChI is InChI=1S/C16H15Cl2NO5/c1-3-23-16(22)14(12-7-9(15(20)21)8(2)24-12)19-11-6-4-5-10(17)13(11)18/h4-7,14,19H,3H2,1-2H3,(H,20,21). The van der Waals surface area contributed by atoms with Gasteiger partial charge < -0.3 is 19.6 Å². The molecule has 6 nitrogen and oxygen atoms in total. The lowest BCUT2D eigenvalue weighted by Gasteiger charge is -2.17. The first-order valence-electron chi connectivity index (χ1n) is 7.06. The van der Waals surface area contributed by atoms with Crippen molar-refractivity contribution in [1.29, 1.82) is 0 Å². The van der Waals surface area contributed by atoms with Gasteiger partial charge >= 0.3 is 11.9 Å². The smallest absolute Gasteiger partial charge is 0.339 e. The molecule has 8 heteroatoms. The fraction of sp³-hybridized carbons (Fsp3) is 0.250. The number of aryl methyl sites for hydroxylation is 1. The Morgan fingerprint density at radius 1 is 1.38 bits per heavy atom. The number of anilines is 1. The van der Waals surface area contributed by atoms with E-state index in [1.54, 1.807) is 25.1 Å². The van der Waals surface area contributed by atoms with Crippen LogP contribution in [0.2, 0.25) is 10.0 Å². The first-order chi connectivity index (χ1) is 11.3. The van der Waals surface area contributed by atoms with Crippen LogP contribution in [0.1, 0.15) is 34.8 Å². The molecule has 0 radical (unpaired) electrons. The highest BCUT2D eigenvalue weighted by Gasteiger charge is 2.28. The lowest BCUT2D eigenvalue weighted by Crippen LogP contribution is -2.23. The van der Waals surface area contributed by atoms with Gasteiger partial charge in [-0.1, -0.05) is 29.3 Å². The Labute approximate surface area is 148 Å². The molecule has 0 aliphatic heterocycles. The first kappa shape index (κ1) is 18.2. The van der Waals surface area contributed by atoms with Gasteiger partial charge in [0.15, 0.2) is 6.04 Å². The molecule has 0 aliphatic rings. The van der Waals surface area contributed by atoms with Crippen molar-refractivity contribution >= 4 is 40.8 Å². The van der Waals surface area contributed by atoms with Crippen molar-refractivity contribution in [3.63, 3.8) is 0 Å². The van der Waals surface area contributed by atoms with Gasteiger partial charge in [-0.15, -0.1) is 0 Å². The Bertz CT molecular complexity index is 772. The molecule has 0 aliphatic carbocycles. The number of halogens is 2. The Balaban J connectivity index is 2.42. The Morgan fingerprint density at radius 3 is 2.67 bits per heavy atom. The van der Waals surface area contributed by atoms with Gasteiger partial charge in [0.25, 0.3) is 0 Å². The van der Waals surface area contributed by atoms with E-state index in [9.17, 15) is 9.59 Å². The highest BCUT2D eigenvalue weighted by molar-refractivity contribution is 6.43. The Hall–Kier alpha value is -2.18. The molecule has 2 aromatic rings. The predicted molar refractivity (Wildman–Crippen MR) is 89.9 cm³/mol. The second kappa shape index (κ2) is 7.59. The maximum absolute atomic E-state index is 12.3. The third kappa shape index (κ3) is 3.83. The molecule has 0 spiro atoms. The third-order valence-corrected chi connectivity index (χ3v) is 4.04. The summed E-state index contributed by atoms with van der Waals surface area (Å²) in [5, 5.41) is 12.6. The van der Waals surface area contributed by atoms with Crippen LogP contribution < -0.4 is 5.32 Å². The van der Waals surface area contributed by atoms with E-state index in [-0.39, 0.29) is 28.7 Å². The number of furan rings is 1. The highest BCUT2D eigenvalue weighted by Crippen LogP contribution is 2.33. The number of aromatic carboxylic acids is 1. The quantitative estimate of drug-likeness (QED) is 0.735. The summed E-state index contributed by atoms with van der Waals surface area (Å²) < 4.78 is 10.5. The topological polar surface area (TPSA) is 88.8 Å². The van der Waals surface area contributed by atoms with E-state index in [1.807, 2.05) is 0 Å². The van der Waals surface area contributed by atoms with Crippen LogP contribution >= 0.6 is 23.2 Å². The lowest BCUT2D eigenvalue weighted by molar-refractivity contribution is -0.144. The molecule has 1 aromatic carbocycles. The van der Waals surface area contributed by atoms with Gasteiger partial charge in [0, 0.05) is 0 Å². The second-order valence-electron chi connectivity index (χ2n) is 4.85. The van der Waals surface area contributed by atoms with Crippen LogP contribution in [0.5, 0.6) is 0 Å². The molecule has 1 unspecified atom stereocenters. The molecule has 1 heterocycles. The number of esters is 1. The van der Waals surface area contributed by atoms with Crippen LogP contribution in [0.4, 0.5) is 5.69 Å². The number of carbonyl (C=O) groups excluding carboxylic acids is 1. The molecule has 0 fully saturated rings. The van der Waals surface area contributed by atoms with Crippen molar-refractivity contribution in [2.75, 3.05) is 11.9 Å². The summed E-state index contributed by atoms with van der Waals surface area (Å²) in [6, 6.07) is 5.12. The molecular weight excluding hydrogens is 357 g/mol. The molecular formula is C16H15Cl2NO5. The van der Waals surface area contributed by atoms with E-state index in [0.29, 0.717) is 10.7 Å². The number of carboxylic acid groups (broad SMARTS) is 1. The average molecular weight is 372 g/mol. The minimum atomic E-state index is -1.15. The van der Waals surface area contributed by atoms with Gasteiger partial charge in [0.2, 0.25) is 0 Å². The van der Waals surface area contributed by atoms with Gasteiger partial charge in [-0.25, -0.2) is 9.59 Å². The fourth-order valence-corrected chi connectivity index (χ4v) is 2.46. The van der Waals surface area contributed by atoms with Gasteiger partial charge in [-0.05, 0) is 32.0 Å². The van der Waals surface area contributed by atoms with Crippen LogP contribution in [0.3, 0.4) is 0 Å². The zero-order valence-corrected chi connectivity index (χ0v) is 14.4. The lowest BCUT2D eigenvalue weighted by atomic mass is 10.1. The summed E-state index contributed by atoms with van der Waals surface area (Å²) in [4.78, 5) is 23.4. The summed E-state index contributed by atoms with van der Waals surface area (Å²) >= 11 is 12.1. The number of ether oxygens (including phenoxy) is 1. The number of hydrogen-bond donors (Lipinski definition) is 2. The zero-order valence-electron chi connectivity index (χ0n) is 12.9. The maximum Gasteiger partial charge on any atom is 0.339 e. The molecule has 2 rings (SSSR count). The fourth-order valence-electron chi connectivity index (χ4n) is 2.10. The zero-order chi connectivity index (χ0) is 17.9. The Morgan fingerprint density at radius 2 is 2.08 bits per heavy atom. The van der Waals surface area contributed by atoms with Crippen molar-refractivity contribution in [2.45, 2.75) is 19.9 Å². The predicted octanol–water partition coefficient (Wildman–Crippen LogP) is 4.31. The average Bonchev–Trinajstić information content (AvgIpc) is 2.90. The van der Waals surface area contributed by atoms with Gasteiger partial charge in [0.1, 0.15) is 17.1 Å². The number of carbonyl (C=O) groups is 2. The van der Waals surface area contributed by atoms with E-state index in [0.717, 1.165) is 0 Å². The summed E-state index contributed by atoms with van der Waals surface area (Å²) in [6.45, 7) is 3.32. The molecule has 0 saturated carbocycles. The van der Waals surface area contributed by atoms with E-state index in [2.05, 4.69) is 5.32 Å². The van der Waals surface area contributed by atoms with Crippen molar-refractivity contribution in [3.8, 4) is 0 Å². The van der Waals surface area contributed by atoms with Crippen LogP contribution in [-0.4, -0.2) is 23.7 Å². The number of nitrogens with one attached hydrogen (secondary N) is 1. The molecule has 0 saturated heterocycles. The monoisotopic (exact) mass is 371 g/mol.